The minimum atomic E-state index is -0.428. The lowest BCUT2D eigenvalue weighted by Gasteiger charge is -2.60. The normalized spacial score (nSPS) is 57.6. The minimum absolute atomic E-state index is 0.177. The van der Waals surface area contributed by atoms with Gasteiger partial charge < -0.3 is 5.11 Å². The van der Waals surface area contributed by atoms with Crippen LogP contribution in [-0.4, -0.2) is 10.7 Å². The van der Waals surface area contributed by atoms with E-state index in [9.17, 15) is 5.11 Å². The summed E-state index contributed by atoms with van der Waals surface area (Å²) < 4.78 is 0. The van der Waals surface area contributed by atoms with Gasteiger partial charge >= 0.3 is 0 Å². The monoisotopic (exact) mass is 302 g/mol. The third kappa shape index (κ3) is 1.81. The van der Waals surface area contributed by atoms with Gasteiger partial charge in [-0.2, -0.15) is 0 Å². The second kappa shape index (κ2) is 4.62. The molecule has 0 amide bonds. The van der Waals surface area contributed by atoms with E-state index in [-0.39, 0.29) is 5.41 Å². The SMILES string of the molecule is CC1=CC[C@@H]2CC[C@@H]3[C@H](CC[C@@]4(C)[C@H]3CC[C@]4(C)O)[C@@]2(C)C1. The molecule has 0 aromatic carbocycles. The summed E-state index contributed by atoms with van der Waals surface area (Å²) in [5.41, 5.74) is 1.92. The highest BCUT2D eigenvalue weighted by molar-refractivity contribution is 5.17. The highest BCUT2D eigenvalue weighted by atomic mass is 16.3. The second-order valence-electron chi connectivity index (χ2n) is 9.89. The predicted molar refractivity (Wildman–Crippen MR) is 91.5 cm³/mol. The lowest BCUT2D eigenvalue weighted by molar-refractivity contribution is -0.138. The summed E-state index contributed by atoms with van der Waals surface area (Å²) in [5, 5.41) is 11.0. The van der Waals surface area contributed by atoms with E-state index >= 15 is 0 Å². The van der Waals surface area contributed by atoms with Crippen molar-refractivity contribution in [3.8, 4) is 0 Å². The van der Waals surface area contributed by atoms with Gasteiger partial charge in [-0.3, -0.25) is 0 Å². The van der Waals surface area contributed by atoms with E-state index in [1.807, 2.05) is 0 Å². The number of hydrogen-bond acceptors (Lipinski definition) is 1. The fourth-order valence-corrected chi connectivity index (χ4v) is 7.46. The van der Waals surface area contributed by atoms with Crippen LogP contribution in [0.15, 0.2) is 11.6 Å². The molecule has 4 aliphatic rings. The molecule has 0 aromatic rings. The highest BCUT2D eigenvalue weighted by Gasteiger charge is 2.62. The standard InChI is InChI=1S/C21H34O/c1-14-5-6-15-7-8-16-17(19(15,2)13-14)9-11-20(3)18(16)10-12-21(20,4)22/h5,15-18,22H,6-13H2,1-4H3/t15-,16-,17+,18+,19+,20+,21+/m1/s1. The molecular formula is C21H34O. The molecule has 0 bridgehead atoms. The van der Waals surface area contributed by atoms with Gasteiger partial charge in [0.25, 0.3) is 0 Å². The number of fused-ring (bicyclic) bond motifs is 5. The first-order valence-electron chi connectivity index (χ1n) is 9.66. The topological polar surface area (TPSA) is 20.2 Å². The van der Waals surface area contributed by atoms with E-state index in [0.717, 1.165) is 30.1 Å². The molecule has 3 fully saturated rings. The molecular weight excluding hydrogens is 268 g/mol. The maximum Gasteiger partial charge on any atom is 0.0675 e. The summed E-state index contributed by atoms with van der Waals surface area (Å²) in [6.45, 7) is 9.48. The van der Waals surface area contributed by atoms with Crippen molar-refractivity contribution in [1.29, 1.82) is 0 Å². The molecule has 124 valence electrons. The number of hydrogen-bond donors (Lipinski definition) is 1. The van der Waals surface area contributed by atoms with E-state index in [0.29, 0.717) is 5.41 Å². The van der Waals surface area contributed by atoms with E-state index < -0.39 is 5.60 Å². The first-order valence-corrected chi connectivity index (χ1v) is 9.66. The van der Waals surface area contributed by atoms with Gasteiger partial charge in [0.05, 0.1) is 5.60 Å². The fourth-order valence-electron chi connectivity index (χ4n) is 7.46. The van der Waals surface area contributed by atoms with Gasteiger partial charge in [0.15, 0.2) is 0 Å². The molecule has 22 heavy (non-hydrogen) atoms. The number of rotatable bonds is 0. The first kappa shape index (κ1) is 15.2. The molecule has 4 aliphatic carbocycles. The smallest absolute Gasteiger partial charge is 0.0675 e. The predicted octanol–water partition coefficient (Wildman–Crippen LogP) is 5.34. The van der Waals surface area contributed by atoms with Crippen LogP contribution in [0.1, 0.15) is 79.1 Å². The summed E-state index contributed by atoms with van der Waals surface area (Å²) in [6, 6.07) is 0. The van der Waals surface area contributed by atoms with Crippen LogP contribution < -0.4 is 0 Å². The molecule has 1 nitrogen and oxygen atoms in total. The third-order valence-corrected chi connectivity index (χ3v) is 9.04. The average Bonchev–Trinajstić information content (AvgIpc) is 2.68. The minimum Gasteiger partial charge on any atom is -0.390 e. The summed E-state index contributed by atoms with van der Waals surface area (Å²) in [4.78, 5) is 0. The van der Waals surface area contributed by atoms with Crippen LogP contribution in [0.25, 0.3) is 0 Å². The van der Waals surface area contributed by atoms with Crippen LogP contribution in [-0.2, 0) is 0 Å². The quantitative estimate of drug-likeness (QED) is 0.599. The lowest BCUT2D eigenvalue weighted by Crippen LogP contribution is -2.55. The van der Waals surface area contributed by atoms with Gasteiger partial charge in [-0.25, -0.2) is 0 Å². The summed E-state index contributed by atoms with van der Waals surface area (Å²) in [5.74, 6) is 3.47. The molecule has 0 heterocycles. The van der Waals surface area contributed by atoms with Gasteiger partial charge in [0.1, 0.15) is 0 Å². The van der Waals surface area contributed by atoms with Gasteiger partial charge in [0.2, 0.25) is 0 Å². The van der Waals surface area contributed by atoms with Crippen molar-refractivity contribution in [2.75, 3.05) is 0 Å². The van der Waals surface area contributed by atoms with Crippen molar-refractivity contribution in [2.24, 2.45) is 34.5 Å². The largest absolute Gasteiger partial charge is 0.390 e. The van der Waals surface area contributed by atoms with Crippen molar-refractivity contribution in [3.63, 3.8) is 0 Å². The molecule has 1 N–H and O–H groups in total. The molecule has 0 aliphatic heterocycles. The Bertz CT molecular complexity index is 504. The average molecular weight is 303 g/mol. The Morgan fingerprint density at radius 3 is 2.50 bits per heavy atom. The van der Waals surface area contributed by atoms with E-state index in [1.54, 1.807) is 5.57 Å². The fraction of sp³-hybridized carbons (Fsp3) is 0.905. The van der Waals surface area contributed by atoms with Crippen molar-refractivity contribution >= 4 is 0 Å². The molecule has 3 saturated carbocycles. The number of allylic oxidation sites excluding steroid dienone is 2. The van der Waals surface area contributed by atoms with Crippen LogP contribution in [0, 0.1) is 34.5 Å². The second-order valence-corrected chi connectivity index (χ2v) is 9.89. The van der Waals surface area contributed by atoms with Crippen LogP contribution in [0.5, 0.6) is 0 Å². The van der Waals surface area contributed by atoms with Gasteiger partial charge in [0, 0.05) is 0 Å². The van der Waals surface area contributed by atoms with Crippen LogP contribution in [0.3, 0.4) is 0 Å². The molecule has 7 atom stereocenters. The number of aliphatic hydroxyl groups is 1. The molecule has 0 unspecified atom stereocenters. The highest BCUT2D eigenvalue weighted by Crippen LogP contribution is 2.68. The van der Waals surface area contributed by atoms with Gasteiger partial charge in [-0.05, 0) is 99.7 Å². The van der Waals surface area contributed by atoms with Gasteiger partial charge in [-0.1, -0.05) is 25.5 Å². The molecule has 0 aromatic heterocycles. The lowest BCUT2D eigenvalue weighted by atomic mass is 9.45. The maximum atomic E-state index is 11.0. The van der Waals surface area contributed by atoms with Gasteiger partial charge in [-0.15, -0.1) is 0 Å². The van der Waals surface area contributed by atoms with Crippen molar-refractivity contribution < 1.29 is 5.11 Å². The maximum absolute atomic E-state index is 11.0. The third-order valence-electron chi connectivity index (χ3n) is 9.04. The van der Waals surface area contributed by atoms with Crippen LogP contribution in [0.2, 0.25) is 0 Å². The Morgan fingerprint density at radius 2 is 1.73 bits per heavy atom. The Kier molecular flexibility index (Phi) is 3.20. The Labute approximate surface area is 136 Å². The van der Waals surface area contributed by atoms with E-state index in [2.05, 4.69) is 33.8 Å². The summed E-state index contributed by atoms with van der Waals surface area (Å²) in [6.07, 6.45) is 12.9. The van der Waals surface area contributed by atoms with Crippen LogP contribution >= 0.6 is 0 Å². The zero-order chi connectivity index (χ0) is 15.8. The van der Waals surface area contributed by atoms with Crippen molar-refractivity contribution in [1.82, 2.24) is 0 Å². The molecule has 0 radical (unpaired) electrons. The molecule has 0 saturated heterocycles. The van der Waals surface area contributed by atoms with E-state index in [4.69, 9.17) is 0 Å². The Hall–Kier alpha value is -0.300. The first-order chi connectivity index (χ1) is 10.3. The zero-order valence-corrected chi connectivity index (χ0v) is 15.0. The van der Waals surface area contributed by atoms with Crippen LogP contribution in [0.4, 0.5) is 0 Å². The summed E-state index contributed by atoms with van der Waals surface area (Å²) in [7, 11) is 0. The Balaban J connectivity index is 1.67. The molecule has 0 spiro atoms. The molecule has 1 heteroatoms. The zero-order valence-electron chi connectivity index (χ0n) is 15.0. The summed E-state index contributed by atoms with van der Waals surface area (Å²) >= 11 is 0. The van der Waals surface area contributed by atoms with Crippen molar-refractivity contribution in [2.45, 2.75) is 84.7 Å². The molecule has 4 rings (SSSR count). The van der Waals surface area contributed by atoms with E-state index in [1.165, 1.54) is 44.9 Å². The Morgan fingerprint density at radius 1 is 1.00 bits per heavy atom. The van der Waals surface area contributed by atoms with Crippen molar-refractivity contribution in [3.05, 3.63) is 11.6 Å².